The molecule has 0 aliphatic carbocycles. The number of ether oxygens (including phenoxy) is 1. The lowest BCUT2D eigenvalue weighted by Crippen LogP contribution is -2.46. The van der Waals surface area contributed by atoms with Crippen molar-refractivity contribution in [1.29, 1.82) is 0 Å². The Morgan fingerprint density at radius 3 is 2.59 bits per heavy atom. The molecule has 0 saturated carbocycles. The third-order valence-corrected chi connectivity index (χ3v) is 6.33. The van der Waals surface area contributed by atoms with Gasteiger partial charge in [0.15, 0.2) is 0 Å². The lowest BCUT2D eigenvalue weighted by atomic mass is 10.1. The van der Waals surface area contributed by atoms with E-state index in [-0.39, 0.29) is 17.7 Å². The van der Waals surface area contributed by atoms with E-state index in [0.29, 0.717) is 18.0 Å². The molecule has 1 saturated heterocycles. The zero-order valence-corrected chi connectivity index (χ0v) is 17.2. The number of methoxy groups -OCH3 is 1. The molecule has 2 N–H and O–H groups in total. The van der Waals surface area contributed by atoms with E-state index in [2.05, 4.69) is 21.9 Å². The first-order valence-electron chi connectivity index (χ1n) is 9.47. The van der Waals surface area contributed by atoms with Crippen LogP contribution in [0.5, 0.6) is 5.75 Å². The SMILES string of the molecule is COc1cccc(NS(=O)(=O)CC(C)C(=O)NCC(C)N2CCCCC2)c1. The molecule has 0 spiro atoms. The molecule has 0 bridgehead atoms. The predicted molar refractivity (Wildman–Crippen MR) is 107 cm³/mol. The minimum absolute atomic E-state index is 0.241. The Balaban J connectivity index is 1.82. The molecule has 1 aromatic carbocycles. The first-order valence-corrected chi connectivity index (χ1v) is 11.1. The minimum atomic E-state index is -3.64. The van der Waals surface area contributed by atoms with Crippen LogP contribution in [0.1, 0.15) is 33.1 Å². The summed E-state index contributed by atoms with van der Waals surface area (Å²) < 4.78 is 32.3. The van der Waals surface area contributed by atoms with E-state index in [1.165, 1.54) is 26.4 Å². The van der Waals surface area contributed by atoms with E-state index in [1.807, 2.05) is 0 Å². The van der Waals surface area contributed by atoms with Crippen molar-refractivity contribution in [2.45, 2.75) is 39.2 Å². The van der Waals surface area contributed by atoms with Gasteiger partial charge in [0.05, 0.1) is 24.5 Å². The Bertz CT molecular complexity index is 717. The maximum atomic E-state index is 12.4. The standard InChI is InChI=1S/C19H31N3O4S/c1-15(19(23)20-13-16(2)22-10-5-4-6-11-22)14-27(24,25)21-17-8-7-9-18(12-17)26-3/h7-9,12,15-16,21H,4-6,10-11,13-14H2,1-3H3,(H,20,23). The molecule has 27 heavy (non-hydrogen) atoms. The molecule has 2 rings (SSSR count). The van der Waals surface area contributed by atoms with Gasteiger partial charge in [0.25, 0.3) is 0 Å². The van der Waals surface area contributed by atoms with Crippen LogP contribution in [0.4, 0.5) is 5.69 Å². The van der Waals surface area contributed by atoms with Crippen molar-refractivity contribution in [1.82, 2.24) is 10.2 Å². The molecule has 2 unspecified atom stereocenters. The Hall–Kier alpha value is -1.80. The van der Waals surface area contributed by atoms with Gasteiger partial charge < -0.3 is 10.1 Å². The summed E-state index contributed by atoms with van der Waals surface area (Å²) in [6, 6.07) is 6.94. The monoisotopic (exact) mass is 397 g/mol. The molecule has 1 aliphatic heterocycles. The van der Waals surface area contributed by atoms with Crippen LogP contribution in [-0.4, -0.2) is 57.8 Å². The molecular formula is C19H31N3O4S. The van der Waals surface area contributed by atoms with E-state index < -0.39 is 15.9 Å². The molecule has 0 aromatic heterocycles. The second kappa shape index (κ2) is 9.94. The van der Waals surface area contributed by atoms with Crippen LogP contribution in [-0.2, 0) is 14.8 Å². The van der Waals surface area contributed by atoms with E-state index in [4.69, 9.17) is 4.74 Å². The third-order valence-electron chi connectivity index (χ3n) is 4.85. The maximum absolute atomic E-state index is 12.4. The first-order chi connectivity index (χ1) is 12.8. The lowest BCUT2D eigenvalue weighted by molar-refractivity contribution is -0.124. The van der Waals surface area contributed by atoms with Crippen molar-refractivity contribution in [3.05, 3.63) is 24.3 Å². The number of carbonyl (C=O) groups is 1. The molecule has 1 fully saturated rings. The third kappa shape index (κ3) is 7.03. The number of anilines is 1. The van der Waals surface area contributed by atoms with Crippen molar-refractivity contribution in [3.8, 4) is 5.75 Å². The summed E-state index contributed by atoms with van der Waals surface area (Å²) in [5.74, 6) is -0.585. The average molecular weight is 398 g/mol. The van der Waals surface area contributed by atoms with Gasteiger partial charge in [0.1, 0.15) is 5.75 Å². The number of rotatable bonds is 9. The summed E-state index contributed by atoms with van der Waals surface area (Å²) in [6.45, 7) is 6.38. The highest BCUT2D eigenvalue weighted by Gasteiger charge is 2.23. The van der Waals surface area contributed by atoms with Crippen LogP contribution in [0.2, 0.25) is 0 Å². The Morgan fingerprint density at radius 2 is 1.93 bits per heavy atom. The topological polar surface area (TPSA) is 87.7 Å². The highest BCUT2D eigenvalue weighted by molar-refractivity contribution is 7.92. The second-order valence-electron chi connectivity index (χ2n) is 7.21. The van der Waals surface area contributed by atoms with E-state index in [9.17, 15) is 13.2 Å². The van der Waals surface area contributed by atoms with Crippen LogP contribution in [0.15, 0.2) is 24.3 Å². The number of amides is 1. The predicted octanol–water partition coefficient (Wildman–Crippen LogP) is 2.06. The Kier molecular flexibility index (Phi) is 7.91. The molecule has 1 aromatic rings. The van der Waals surface area contributed by atoms with Gasteiger partial charge >= 0.3 is 0 Å². The van der Waals surface area contributed by atoms with Gasteiger partial charge in [0.2, 0.25) is 15.9 Å². The number of piperidine rings is 1. The zero-order chi connectivity index (χ0) is 19.9. The van der Waals surface area contributed by atoms with Crippen molar-refractivity contribution in [2.75, 3.05) is 37.2 Å². The minimum Gasteiger partial charge on any atom is -0.497 e. The largest absolute Gasteiger partial charge is 0.497 e. The number of carbonyl (C=O) groups excluding carboxylic acids is 1. The van der Waals surface area contributed by atoms with Crippen LogP contribution in [0.3, 0.4) is 0 Å². The van der Waals surface area contributed by atoms with Gasteiger partial charge in [0, 0.05) is 18.7 Å². The molecular weight excluding hydrogens is 366 g/mol. The average Bonchev–Trinajstić information content (AvgIpc) is 2.65. The number of nitrogens with zero attached hydrogens (tertiary/aromatic N) is 1. The maximum Gasteiger partial charge on any atom is 0.233 e. The van der Waals surface area contributed by atoms with Gasteiger partial charge in [-0.05, 0) is 45.0 Å². The summed E-state index contributed by atoms with van der Waals surface area (Å²) in [4.78, 5) is 14.7. The molecule has 1 heterocycles. The van der Waals surface area contributed by atoms with E-state index in [1.54, 1.807) is 31.2 Å². The fourth-order valence-corrected chi connectivity index (χ4v) is 4.60. The summed E-state index contributed by atoms with van der Waals surface area (Å²) in [7, 11) is -2.12. The lowest BCUT2D eigenvalue weighted by Gasteiger charge is -2.32. The zero-order valence-electron chi connectivity index (χ0n) is 16.4. The first kappa shape index (κ1) is 21.5. The molecule has 1 amide bonds. The van der Waals surface area contributed by atoms with Gasteiger partial charge in [-0.15, -0.1) is 0 Å². The van der Waals surface area contributed by atoms with Gasteiger partial charge in [-0.2, -0.15) is 0 Å². The van der Waals surface area contributed by atoms with Crippen molar-refractivity contribution in [2.24, 2.45) is 5.92 Å². The van der Waals surface area contributed by atoms with E-state index in [0.717, 1.165) is 13.1 Å². The molecule has 0 radical (unpaired) electrons. The number of nitrogens with one attached hydrogen (secondary N) is 2. The summed E-state index contributed by atoms with van der Waals surface area (Å²) in [5.41, 5.74) is 0.417. The number of hydrogen-bond donors (Lipinski definition) is 2. The van der Waals surface area contributed by atoms with Crippen LogP contribution >= 0.6 is 0 Å². The van der Waals surface area contributed by atoms with E-state index >= 15 is 0 Å². The smallest absolute Gasteiger partial charge is 0.233 e. The highest BCUT2D eigenvalue weighted by atomic mass is 32.2. The number of likely N-dealkylation sites (tertiary alicyclic amines) is 1. The van der Waals surface area contributed by atoms with Crippen LogP contribution in [0, 0.1) is 5.92 Å². The number of sulfonamides is 1. The molecule has 152 valence electrons. The van der Waals surface area contributed by atoms with Crippen LogP contribution < -0.4 is 14.8 Å². The van der Waals surface area contributed by atoms with Gasteiger partial charge in [-0.1, -0.05) is 19.4 Å². The fraction of sp³-hybridized carbons (Fsp3) is 0.632. The molecule has 1 aliphatic rings. The number of benzene rings is 1. The molecule has 7 nitrogen and oxygen atoms in total. The van der Waals surface area contributed by atoms with Crippen molar-refractivity contribution >= 4 is 21.6 Å². The van der Waals surface area contributed by atoms with Crippen LogP contribution in [0.25, 0.3) is 0 Å². The normalized spacial score (nSPS) is 17.7. The van der Waals surface area contributed by atoms with Gasteiger partial charge in [-0.25, -0.2) is 8.42 Å². The Labute approximate surface area is 162 Å². The van der Waals surface area contributed by atoms with Crippen molar-refractivity contribution < 1.29 is 17.9 Å². The quantitative estimate of drug-likeness (QED) is 0.666. The summed E-state index contributed by atoms with van der Waals surface area (Å²) in [6.07, 6.45) is 3.66. The summed E-state index contributed by atoms with van der Waals surface area (Å²) >= 11 is 0. The number of hydrogen-bond acceptors (Lipinski definition) is 5. The summed E-state index contributed by atoms with van der Waals surface area (Å²) in [5, 5.41) is 2.89. The second-order valence-corrected chi connectivity index (χ2v) is 8.97. The highest BCUT2D eigenvalue weighted by Crippen LogP contribution is 2.18. The molecule has 8 heteroatoms. The Morgan fingerprint density at radius 1 is 1.22 bits per heavy atom. The fourth-order valence-electron chi connectivity index (χ4n) is 3.22. The molecule has 2 atom stereocenters. The van der Waals surface area contributed by atoms with Crippen molar-refractivity contribution in [3.63, 3.8) is 0 Å². The van der Waals surface area contributed by atoms with Gasteiger partial charge in [-0.3, -0.25) is 14.4 Å².